The van der Waals surface area contributed by atoms with E-state index in [1.165, 1.54) is 103 Å². The Bertz CT molecular complexity index is 543. The molecule has 4 nitrogen and oxygen atoms in total. The van der Waals surface area contributed by atoms with Crippen LogP contribution in [0.15, 0.2) is 0 Å². The van der Waals surface area contributed by atoms with E-state index in [-0.39, 0.29) is 11.9 Å². The monoisotopic (exact) mass is 553 g/mol. The van der Waals surface area contributed by atoms with Gasteiger partial charge in [-0.2, -0.15) is 0 Å². The van der Waals surface area contributed by atoms with Gasteiger partial charge in [0, 0.05) is 12.8 Å². The number of rotatable bonds is 29. The molecule has 0 rings (SSSR count). The van der Waals surface area contributed by atoms with Crippen molar-refractivity contribution in [1.29, 1.82) is 0 Å². The number of hydrogen-bond acceptors (Lipinski definition) is 4. The zero-order valence-electron chi connectivity index (χ0n) is 27.0. The molecule has 0 aliphatic rings. The van der Waals surface area contributed by atoms with Crippen LogP contribution >= 0.6 is 0 Å². The topological polar surface area (TPSA) is 52.6 Å². The van der Waals surface area contributed by atoms with Crippen LogP contribution in [0.2, 0.25) is 0 Å². The van der Waals surface area contributed by atoms with Crippen molar-refractivity contribution >= 4 is 11.9 Å². The molecule has 1 unspecified atom stereocenters. The predicted molar refractivity (Wildman–Crippen MR) is 167 cm³/mol. The molecule has 0 aromatic carbocycles. The molecule has 0 aromatic rings. The average Bonchev–Trinajstić information content (AvgIpc) is 2.87. The summed E-state index contributed by atoms with van der Waals surface area (Å²) in [4.78, 5) is 23.8. The van der Waals surface area contributed by atoms with Crippen LogP contribution in [0.5, 0.6) is 0 Å². The van der Waals surface area contributed by atoms with Crippen LogP contribution in [0, 0.1) is 17.8 Å². The summed E-state index contributed by atoms with van der Waals surface area (Å²) in [5.41, 5.74) is 0. The third kappa shape index (κ3) is 31.3. The number of hydrogen-bond donors (Lipinski definition) is 0. The third-order valence-corrected chi connectivity index (χ3v) is 7.72. The van der Waals surface area contributed by atoms with E-state index in [0.717, 1.165) is 43.9 Å². The largest absolute Gasteiger partial charge is 0.466 e. The van der Waals surface area contributed by atoms with Gasteiger partial charge in [-0.05, 0) is 37.0 Å². The molecular weight excluding hydrogens is 484 g/mol. The maximum Gasteiger partial charge on any atom is 0.306 e. The van der Waals surface area contributed by atoms with Crippen LogP contribution in [-0.4, -0.2) is 25.2 Å². The first-order valence-corrected chi connectivity index (χ1v) is 17.1. The quantitative estimate of drug-likeness (QED) is 0.0684. The van der Waals surface area contributed by atoms with Crippen molar-refractivity contribution in [2.24, 2.45) is 17.8 Å². The standard InChI is InChI=1S/C35H68O4/c1-31(2)24-18-16-22-28-38-34(36)27-21-15-13-11-9-7-6-8-10-12-14-20-26-33(5)30-35(37)39-29-23-17-19-25-32(3)4/h31-33H,6-30H2,1-5H3. The highest BCUT2D eigenvalue weighted by Crippen LogP contribution is 2.17. The van der Waals surface area contributed by atoms with E-state index >= 15 is 0 Å². The summed E-state index contributed by atoms with van der Waals surface area (Å²) in [6, 6.07) is 0. The molecule has 0 bridgehead atoms. The minimum absolute atomic E-state index is 0.00549. The Labute approximate surface area is 244 Å². The summed E-state index contributed by atoms with van der Waals surface area (Å²) < 4.78 is 10.8. The first-order chi connectivity index (χ1) is 18.8. The molecule has 0 aromatic heterocycles. The Morgan fingerprint density at radius 3 is 1.26 bits per heavy atom. The second-order valence-corrected chi connectivity index (χ2v) is 13.0. The highest BCUT2D eigenvalue weighted by molar-refractivity contribution is 5.69. The van der Waals surface area contributed by atoms with Gasteiger partial charge in [-0.1, -0.05) is 150 Å². The summed E-state index contributed by atoms with van der Waals surface area (Å²) in [7, 11) is 0. The lowest BCUT2D eigenvalue weighted by molar-refractivity contribution is -0.145. The molecule has 0 saturated heterocycles. The lowest BCUT2D eigenvalue weighted by atomic mass is 9.98. The molecule has 0 N–H and O–H groups in total. The Morgan fingerprint density at radius 2 is 0.795 bits per heavy atom. The van der Waals surface area contributed by atoms with Gasteiger partial charge in [0.15, 0.2) is 0 Å². The van der Waals surface area contributed by atoms with Crippen LogP contribution in [0.4, 0.5) is 0 Å². The van der Waals surface area contributed by atoms with E-state index in [4.69, 9.17) is 9.47 Å². The van der Waals surface area contributed by atoms with Crippen molar-refractivity contribution in [3.63, 3.8) is 0 Å². The number of ether oxygens (including phenoxy) is 2. The van der Waals surface area contributed by atoms with Gasteiger partial charge in [0.2, 0.25) is 0 Å². The fourth-order valence-electron chi connectivity index (χ4n) is 5.08. The van der Waals surface area contributed by atoms with E-state index in [9.17, 15) is 9.59 Å². The maximum absolute atomic E-state index is 12.0. The molecule has 0 saturated carbocycles. The van der Waals surface area contributed by atoms with Gasteiger partial charge in [0.25, 0.3) is 0 Å². The molecule has 0 amide bonds. The second kappa shape index (κ2) is 28.5. The molecule has 0 radical (unpaired) electrons. The summed E-state index contributed by atoms with van der Waals surface area (Å²) in [5, 5.41) is 0. The number of carbonyl (C=O) groups is 2. The Kier molecular flexibility index (Phi) is 27.7. The fraction of sp³-hybridized carbons (Fsp3) is 0.943. The first kappa shape index (κ1) is 37.9. The van der Waals surface area contributed by atoms with Gasteiger partial charge in [-0.25, -0.2) is 0 Å². The summed E-state index contributed by atoms with van der Waals surface area (Å²) >= 11 is 0. The molecule has 0 fully saturated rings. The van der Waals surface area contributed by atoms with Crippen molar-refractivity contribution in [1.82, 2.24) is 0 Å². The van der Waals surface area contributed by atoms with Gasteiger partial charge in [0.1, 0.15) is 0 Å². The predicted octanol–water partition coefficient (Wildman–Crippen LogP) is 11.0. The number of esters is 2. The maximum atomic E-state index is 12.0. The summed E-state index contributed by atoms with van der Waals surface area (Å²) in [6.07, 6.45) is 26.9. The number of carbonyl (C=O) groups excluding carboxylic acids is 2. The number of unbranched alkanes of at least 4 members (excludes halogenated alkanes) is 15. The van der Waals surface area contributed by atoms with E-state index in [1.807, 2.05) is 0 Å². The molecule has 39 heavy (non-hydrogen) atoms. The molecule has 0 spiro atoms. The Balaban J connectivity index is 3.32. The van der Waals surface area contributed by atoms with E-state index in [2.05, 4.69) is 34.6 Å². The lowest BCUT2D eigenvalue weighted by Crippen LogP contribution is -2.10. The Hall–Kier alpha value is -1.06. The van der Waals surface area contributed by atoms with Crippen LogP contribution in [0.3, 0.4) is 0 Å². The van der Waals surface area contributed by atoms with E-state index in [0.29, 0.717) is 32.0 Å². The van der Waals surface area contributed by atoms with Crippen molar-refractivity contribution < 1.29 is 19.1 Å². The summed E-state index contributed by atoms with van der Waals surface area (Å²) in [6.45, 7) is 12.4. The van der Waals surface area contributed by atoms with Crippen LogP contribution in [0.1, 0.15) is 182 Å². The van der Waals surface area contributed by atoms with Crippen molar-refractivity contribution in [2.45, 2.75) is 182 Å². The minimum Gasteiger partial charge on any atom is -0.466 e. The smallest absolute Gasteiger partial charge is 0.306 e. The SMILES string of the molecule is CC(C)CCCCCOC(=O)CCCCCCCCCCCCCCC(C)CC(=O)OCCCCCC(C)C. The van der Waals surface area contributed by atoms with Crippen LogP contribution in [0.25, 0.3) is 0 Å². The highest BCUT2D eigenvalue weighted by atomic mass is 16.5. The minimum atomic E-state index is -0.00730. The second-order valence-electron chi connectivity index (χ2n) is 13.0. The van der Waals surface area contributed by atoms with Crippen molar-refractivity contribution in [3.05, 3.63) is 0 Å². The zero-order chi connectivity index (χ0) is 29.0. The normalized spacial score (nSPS) is 12.3. The first-order valence-electron chi connectivity index (χ1n) is 17.1. The molecule has 1 atom stereocenters. The molecule has 0 aliphatic heterocycles. The zero-order valence-corrected chi connectivity index (χ0v) is 27.0. The Morgan fingerprint density at radius 1 is 0.436 bits per heavy atom. The van der Waals surface area contributed by atoms with Crippen LogP contribution < -0.4 is 0 Å². The van der Waals surface area contributed by atoms with Crippen molar-refractivity contribution in [3.8, 4) is 0 Å². The summed E-state index contributed by atoms with van der Waals surface area (Å²) in [5.74, 6) is 1.96. The van der Waals surface area contributed by atoms with Gasteiger partial charge in [-0.15, -0.1) is 0 Å². The highest BCUT2D eigenvalue weighted by Gasteiger charge is 2.10. The molecule has 232 valence electrons. The van der Waals surface area contributed by atoms with Gasteiger partial charge in [0.05, 0.1) is 13.2 Å². The van der Waals surface area contributed by atoms with E-state index < -0.39 is 0 Å². The fourth-order valence-corrected chi connectivity index (χ4v) is 5.08. The van der Waals surface area contributed by atoms with Gasteiger partial charge >= 0.3 is 11.9 Å². The van der Waals surface area contributed by atoms with Crippen LogP contribution in [-0.2, 0) is 19.1 Å². The average molecular weight is 553 g/mol. The lowest BCUT2D eigenvalue weighted by Gasteiger charge is -2.11. The molecule has 0 heterocycles. The molecule has 0 aliphatic carbocycles. The molecule has 4 heteroatoms. The van der Waals surface area contributed by atoms with E-state index in [1.54, 1.807) is 0 Å². The van der Waals surface area contributed by atoms with Crippen molar-refractivity contribution in [2.75, 3.05) is 13.2 Å². The molecular formula is C35H68O4. The third-order valence-electron chi connectivity index (χ3n) is 7.72. The van der Waals surface area contributed by atoms with Gasteiger partial charge in [-0.3, -0.25) is 9.59 Å². The van der Waals surface area contributed by atoms with Gasteiger partial charge < -0.3 is 9.47 Å².